The van der Waals surface area contributed by atoms with Crippen molar-refractivity contribution in [3.8, 4) is 0 Å². The Hall–Kier alpha value is -2.77. The van der Waals surface area contributed by atoms with Crippen LogP contribution in [0.1, 0.15) is 26.5 Å². The van der Waals surface area contributed by atoms with Crippen molar-refractivity contribution in [1.29, 1.82) is 0 Å². The zero-order valence-corrected chi connectivity index (χ0v) is 13.0. The Morgan fingerprint density at radius 2 is 2.00 bits per heavy atom. The van der Waals surface area contributed by atoms with Gasteiger partial charge in [0.25, 0.3) is 11.9 Å². The van der Waals surface area contributed by atoms with E-state index in [2.05, 4.69) is 32.3 Å². The molecule has 116 valence electrons. The lowest BCUT2D eigenvalue weighted by Gasteiger charge is -2.13. The van der Waals surface area contributed by atoms with E-state index >= 15 is 0 Å². The van der Waals surface area contributed by atoms with E-state index < -0.39 is 5.91 Å². The quantitative estimate of drug-likeness (QED) is 0.809. The van der Waals surface area contributed by atoms with Crippen LogP contribution in [0.3, 0.4) is 0 Å². The molecule has 0 saturated heterocycles. The molecule has 0 radical (unpaired) electrons. The van der Waals surface area contributed by atoms with Crippen molar-refractivity contribution >= 4 is 29.4 Å². The van der Waals surface area contributed by atoms with Gasteiger partial charge in [-0.25, -0.2) is 9.79 Å². The summed E-state index contributed by atoms with van der Waals surface area (Å²) in [4.78, 5) is 31.6. The highest BCUT2D eigenvalue weighted by Crippen LogP contribution is 2.14. The summed E-state index contributed by atoms with van der Waals surface area (Å²) in [5.74, 6) is 0.0161. The average molecular weight is 302 g/mol. The number of nitrogens with zero attached hydrogens (tertiary/aromatic N) is 4. The summed E-state index contributed by atoms with van der Waals surface area (Å²) in [7, 11) is 0. The van der Waals surface area contributed by atoms with E-state index in [1.807, 2.05) is 13.8 Å². The van der Waals surface area contributed by atoms with E-state index in [0.717, 1.165) is 0 Å². The molecule has 0 bridgehead atoms. The smallest absolute Gasteiger partial charge is 0.320 e. The molecular weight excluding hydrogens is 284 g/mol. The van der Waals surface area contributed by atoms with E-state index in [9.17, 15) is 9.59 Å². The van der Waals surface area contributed by atoms with Crippen LogP contribution < -0.4 is 10.6 Å². The van der Waals surface area contributed by atoms with Crippen LogP contribution in [0, 0.1) is 6.92 Å². The van der Waals surface area contributed by atoms with E-state index in [4.69, 9.17) is 0 Å². The highest BCUT2D eigenvalue weighted by atomic mass is 16.2. The first-order valence-corrected chi connectivity index (χ1v) is 6.80. The standard InChI is InChI=1S/C14H18N6O2/c1-7(2)15-14(22)17-11-6-8(3)19-20(11)13-16-10(5)9(4)12(21)18-13/h6-7H,4H2,1-3,5H3,(H2,15,17,22). The van der Waals surface area contributed by atoms with Crippen molar-refractivity contribution < 1.29 is 9.59 Å². The predicted octanol–water partition coefficient (Wildman–Crippen LogP) is 1.48. The summed E-state index contributed by atoms with van der Waals surface area (Å²) < 4.78 is 1.32. The van der Waals surface area contributed by atoms with E-state index in [1.165, 1.54) is 4.68 Å². The minimum atomic E-state index is -0.465. The minimum Gasteiger partial charge on any atom is -0.336 e. The molecule has 2 N–H and O–H groups in total. The molecule has 0 aromatic carbocycles. The van der Waals surface area contributed by atoms with Gasteiger partial charge in [0.2, 0.25) is 0 Å². The molecule has 0 fully saturated rings. The topological polar surface area (TPSA) is 101 Å². The molecule has 0 unspecified atom stereocenters. The van der Waals surface area contributed by atoms with Gasteiger partial charge in [-0.2, -0.15) is 14.8 Å². The Morgan fingerprint density at radius 3 is 2.59 bits per heavy atom. The maximum absolute atomic E-state index is 11.8. The van der Waals surface area contributed by atoms with Gasteiger partial charge in [-0.05, 0) is 27.7 Å². The Bertz CT molecular complexity index is 711. The summed E-state index contributed by atoms with van der Waals surface area (Å²) in [5.41, 5.74) is 1.38. The van der Waals surface area contributed by atoms with Crippen LogP contribution in [0.2, 0.25) is 0 Å². The summed E-state index contributed by atoms with van der Waals surface area (Å²) >= 11 is 0. The normalized spacial score (nSPS) is 14.8. The number of aliphatic imine (C=N–C) groups is 2. The van der Waals surface area contributed by atoms with Crippen LogP contribution in [0.25, 0.3) is 0 Å². The predicted molar refractivity (Wildman–Crippen MR) is 84.3 cm³/mol. The monoisotopic (exact) mass is 302 g/mol. The Balaban J connectivity index is 2.33. The van der Waals surface area contributed by atoms with Crippen LogP contribution in [0.4, 0.5) is 10.6 Å². The van der Waals surface area contributed by atoms with Crippen molar-refractivity contribution in [3.05, 3.63) is 23.9 Å². The molecule has 0 spiro atoms. The molecule has 2 heterocycles. The largest absolute Gasteiger partial charge is 0.336 e. The zero-order valence-electron chi connectivity index (χ0n) is 13.0. The lowest BCUT2D eigenvalue weighted by molar-refractivity contribution is -0.113. The number of amides is 3. The highest BCUT2D eigenvalue weighted by molar-refractivity contribution is 6.27. The van der Waals surface area contributed by atoms with E-state index in [0.29, 0.717) is 17.2 Å². The average Bonchev–Trinajstić information content (AvgIpc) is 2.75. The number of anilines is 1. The summed E-state index contributed by atoms with van der Waals surface area (Å²) in [6, 6.07) is 1.29. The van der Waals surface area contributed by atoms with Crippen molar-refractivity contribution in [2.24, 2.45) is 9.98 Å². The van der Waals surface area contributed by atoms with Crippen LogP contribution in [0.5, 0.6) is 0 Å². The molecule has 1 aromatic heterocycles. The number of urea groups is 1. The third-order valence-electron chi connectivity index (χ3n) is 2.85. The summed E-state index contributed by atoms with van der Waals surface area (Å²) in [6.07, 6.45) is 0. The van der Waals surface area contributed by atoms with Gasteiger partial charge in [-0.1, -0.05) is 6.58 Å². The fourth-order valence-electron chi connectivity index (χ4n) is 1.81. The van der Waals surface area contributed by atoms with E-state index in [-0.39, 0.29) is 23.6 Å². The molecule has 0 saturated carbocycles. The number of aryl methyl sites for hydroxylation is 1. The molecule has 22 heavy (non-hydrogen) atoms. The molecule has 8 heteroatoms. The Morgan fingerprint density at radius 1 is 1.32 bits per heavy atom. The van der Waals surface area contributed by atoms with Crippen molar-refractivity contribution in [2.45, 2.75) is 33.7 Å². The number of carbonyl (C=O) groups excluding carboxylic acids is 2. The van der Waals surface area contributed by atoms with Gasteiger partial charge in [0.1, 0.15) is 5.82 Å². The molecule has 1 aromatic rings. The molecule has 2 rings (SSSR count). The first kappa shape index (κ1) is 15.6. The third kappa shape index (κ3) is 3.27. The number of carbonyl (C=O) groups is 2. The SMILES string of the molecule is C=C1C(=O)N=C(n2nc(C)cc2NC(=O)NC(C)C)N=C1C. The van der Waals surface area contributed by atoms with Gasteiger partial charge in [0.15, 0.2) is 0 Å². The van der Waals surface area contributed by atoms with Crippen LogP contribution in [0.15, 0.2) is 28.2 Å². The van der Waals surface area contributed by atoms with Crippen molar-refractivity contribution in [1.82, 2.24) is 15.1 Å². The van der Waals surface area contributed by atoms with Crippen LogP contribution in [-0.4, -0.2) is 39.4 Å². The fraction of sp³-hybridized carbons (Fsp3) is 0.357. The first-order valence-electron chi connectivity index (χ1n) is 6.80. The molecule has 0 aliphatic carbocycles. The van der Waals surface area contributed by atoms with Gasteiger partial charge in [-0.15, -0.1) is 0 Å². The minimum absolute atomic E-state index is 0.00495. The second kappa shape index (κ2) is 5.92. The highest BCUT2D eigenvalue weighted by Gasteiger charge is 2.21. The van der Waals surface area contributed by atoms with Gasteiger partial charge in [0, 0.05) is 12.1 Å². The number of aromatic nitrogens is 2. The molecule has 3 amide bonds. The molecule has 8 nitrogen and oxygen atoms in total. The van der Waals surface area contributed by atoms with Gasteiger partial charge >= 0.3 is 6.03 Å². The maximum atomic E-state index is 11.8. The number of hydrogen-bond acceptors (Lipinski definition) is 4. The second-order valence-electron chi connectivity index (χ2n) is 5.23. The Kier molecular flexibility index (Phi) is 4.20. The lowest BCUT2D eigenvalue weighted by atomic mass is 10.2. The van der Waals surface area contributed by atoms with Crippen LogP contribution in [-0.2, 0) is 4.79 Å². The zero-order chi connectivity index (χ0) is 16.4. The maximum Gasteiger partial charge on any atom is 0.320 e. The molecule has 1 aliphatic rings. The third-order valence-corrected chi connectivity index (χ3v) is 2.85. The van der Waals surface area contributed by atoms with Gasteiger partial charge in [0.05, 0.1) is 17.0 Å². The first-order chi connectivity index (χ1) is 10.3. The van der Waals surface area contributed by atoms with Crippen molar-refractivity contribution in [3.63, 3.8) is 0 Å². The summed E-state index contributed by atoms with van der Waals surface area (Å²) in [6.45, 7) is 10.8. The summed E-state index contributed by atoms with van der Waals surface area (Å²) in [5, 5.41) is 9.59. The molecule has 0 atom stereocenters. The van der Waals surface area contributed by atoms with E-state index in [1.54, 1.807) is 19.9 Å². The second-order valence-corrected chi connectivity index (χ2v) is 5.23. The molecular formula is C14H18N6O2. The fourth-order valence-corrected chi connectivity index (χ4v) is 1.81. The number of nitrogens with one attached hydrogen (secondary N) is 2. The van der Waals surface area contributed by atoms with Crippen molar-refractivity contribution in [2.75, 3.05) is 5.32 Å². The lowest BCUT2D eigenvalue weighted by Crippen LogP contribution is -2.35. The Labute approximate surface area is 128 Å². The van der Waals surface area contributed by atoms with Gasteiger partial charge in [-0.3, -0.25) is 10.1 Å². The number of rotatable bonds is 2. The molecule has 1 aliphatic heterocycles. The van der Waals surface area contributed by atoms with Gasteiger partial charge < -0.3 is 5.32 Å². The number of hydrogen-bond donors (Lipinski definition) is 2. The van der Waals surface area contributed by atoms with Crippen LogP contribution >= 0.6 is 0 Å².